The minimum Gasteiger partial charge on any atom is -0.475 e. The van der Waals surface area contributed by atoms with Gasteiger partial charge >= 0.3 is 12.1 Å². The topological polar surface area (TPSA) is 160 Å². The molecule has 0 saturated carbocycles. The van der Waals surface area contributed by atoms with Gasteiger partial charge in [0.15, 0.2) is 0 Å². The van der Waals surface area contributed by atoms with Gasteiger partial charge in [0.25, 0.3) is 5.91 Å². The Bertz CT molecular complexity index is 1550. The van der Waals surface area contributed by atoms with Crippen molar-refractivity contribution in [1.29, 1.82) is 5.41 Å². The Morgan fingerprint density at radius 1 is 1.05 bits per heavy atom. The van der Waals surface area contributed by atoms with E-state index in [1.807, 2.05) is 37.3 Å². The maximum absolute atomic E-state index is 14.2. The van der Waals surface area contributed by atoms with Gasteiger partial charge in [-0.05, 0) is 66.1 Å². The summed E-state index contributed by atoms with van der Waals surface area (Å²) in [6.45, 7) is 1.90. The number of benzene rings is 3. The lowest BCUT2D eigenvalue weighted by Crippen LogP contribution is -2.21. The van der Waals surface area contributed by atoms with Crippen molar-refractivity contribution in [2.75, 3.05) is 5.32 Å². The van der Waals surface area contributed by atoms with E-state index in [0.717, 1.165) is 11.3 Å². The number of aryl methyl sites for hydroxylation is 1. The number of nitrogens with zero attached hydrogens (tertiary/aromatic N) is 2. The van der Waals surface area contributed by atoms with E-state index >= 15 is 0 Å². The van der Waals surface area contributed by atoms with Crippen molar-refractivity contribution in [2.24, 2.45) is 11.5 Å². The summed E-state index contributed by atoms with van der Waals surface area (Å²) in [5, 5.41) is 22.9. The minimum atomic E-state index is -5.08. The third-order valence-corrected chi connectivity index (χ3v) is 5.86. The fourth-order valence-corrected chi connectivity index (χ4v) is 3.79. The van der Waals surface area contributed by atoms with Gasteiger partial charge in [0, 0.05) is 17.4 Å². The van der Waals surface area contributed by atoms with Gasteiger partial charge in [-0.25, -0.2) is 13.9 Å². The maximum Gasteiger partial charge on any atom is 0.490 e. The molecule has 0 aliphatic heterocycles. The zero-order valence-electron chi connectivity index (χ0n) is 21.6. The second kappa shape index (κ2) is 12.8. The largest absolute Gasteiger partial charge is 0.490 e. The van der Waals surface area contributed by atoms with Gasteiger partial charge < -0.3 is 21.9 Å². The first-order valence-corrected chi connectivity index (χ1v) is 12.1. The number of carbonyl (C=O) groups is 2. The number of alkyl halides is 3. The predicted molar refractivity (Wildman–Crippen MR) is 144 cm³/mol. The lowest BCUT2D eigenvalue weighted by molar-refractivity contribution is -0.192. The van der Waals surface area contributed by atoms with Crippen molar-refractivity contribution in [3.05, 3.63) is 113 Å². The van der Waals surface area contributed by atoms with Crippen LogP contribution in [0.3, 0.4) is 0 Å². The standard InChI is InChI=1S/C26H25FN6O.C2HF3O2/c1-2-16-15-18(9-12-21(16)27)24(31-19-10-7-17(8-11-19)25(28)29)22-13-14-33(32-22)23-6-4-3-5-20(23)26(30)34;3-2(4,5)1(6)7/h3-15,24,31H,2H2,1H3,(H3,28,29)(H2,30,34);(H,6,7). The van der Waals surface area contributed by atoms with E-state index in [1.165, 1.54) is 6.07 Å². The van der Waals surface area contributed by atoms with E-state index in [-0.39, 0.29) is 11.7 Å². The normalized spacial score (nSPS) is 11.6. The van der Waals surface area contributed by atoms with Crippen molar-refractivity contribution in [1.82, 2.24) is 9.78 Å². The van der Waals surface area contributed by atoms with E-state index in [1.54, 1.807) is 47.3 Å². The van der Waals surface area contributed by atoms with Crippen molar-refractivity contribution in [2.45, 2.75) is 25.6 Å². The highest BCUT2D eigenvalue weighted by Gasteiger charge is 2.38. The highest BCUT2D eigenvalue weighted by Crippen LogP contribution is 2.28. The Kier molecular flexibility index (Phi) is 9.45. The van der Waals surface area contributed by atoms with Crippen molar-refractivity contribution < 1.29 is 32.3 Å². The number of aromatic nitrogens is 2. The molecule has 3 aromatic carbocycles. The van der Waals surface area contributed by atoms with Crippen molar-refractivity contribution in [3.63, 3.8) is 0 Å². The molecule has 0 aliphatic carbocycles. The highest BCUT2D eigenvalue weighted by atomic mass is 19.4. The van der Waals surface area contributed by atoms with Crippen LogP contribution in [0.15, 0.2) is 79.0 Å². The number of carboxylic acids is 1. The van der Waals surface area contributed by atoms with Crippen molar-refractivity contribution in [3.8, 4) is 5.69 Å². The molecule has 1 amide bonds. The van der Waals surface area contributed by atoms with Gasteiger partial charge in [0.05, 0.1) is 23.0 Å². The molecule has 0 spiro atoms. The van der Waals surface area contributed by atoms with Crippen LogP contribution in [-0.4, -0.2) is 38.8 Å². The van der Waals surface area contributed by atoms with Gasteiger partial charge in [-0.3, -0.25) is 10.2 Å². The summed E-state index contributed by atoms with van der Waals surface area (Å²) in [6, 6.07) is 20.6. The predicted octanol–water partition coefficient (Wildman–Crippen LogP) is 4.79. The fraction of sp³-hybridized carbons (Fsp3) is 0.143. The van der Waals surface area contributed by atoms with Gasteiger partial charge in [-0.2, -0.15) is 18.3 Å². The summed E-state index contributed by atoms with van der Waals surface area (Å²) < 4.78 is 47.6. The summed E-state index contributed by atoms with van der Waals surface area (Å²) in [4.78, 5) is 20.8. The first kappa shape index (κ1) is 30.3. The van der Waals surface area contributed by atoms with Crippen LogP contribution in [-0.2, 0) is 11.2 Å². The number of nitrogens with one attached hydrogen (secondary N) is 2. The molecule has 0 saturated heterocycles. The van der Waals surface area contributed by atoms with E-state index in [2.05, 4.69) is 5.32 Å². The third kappa shape index (κ3) is 7.68. The number of carboxylic acid groups (broad SMARTS) is 1. The van der Waals surface area contributed by atoms with Crippen LogP contribution in [0, 0.1) is 11.2 Å². The Balaban J connectivity index is 0.000000587. The number of halogens is 4. The lowest BCUT2D eigenvalue weighted by Gasteiger charge is -2.20. The maximum atomic E-state index is 14.2. The van der Waals surface area contributed by atoms with Crippen LogP contribution < -0.4 is 16.8 Å². The molecule has 9 nitrogen and oxygen atoms in total. The molecule has 1 aromatic heterocycles. The SMILES string of the molecule is CCc1cc(C(Nc2ccc(C(=N)N)cc2)c2ccn(-c3ccccc3C(N)=O)n2)ccc1F.O=C(O)C(F)(F)F. The molecule has 41 heavy (non-hydrogen) atoms. The van der Waals surface area contributed by atoms with E-state index in [4.69, 9.17) is 31.9 Å². The summed E-state index contributed by atoms with van der Waals surface area (Å²) in [5.41, 5.74) is 15.5. The van der Waals surface area contributed by atoms with Gasteiger partial charge in [-0.15, -0.1) is 0 Å². The molecular weight excluding hydrogens is 544 g/mol. The smallest absolute Gasteiger partial charge is 0.475 e. The van der Waals surface area contributed by atoms with Crippen molar-refractivity contribution >= 4 is 23.4 Å². The molecule has 4 aromatic rings. The van der Waals surface area contributed by atoms with E-state index in [9.17, 15) is 22.4 Å². The van der Waals surface area contributed by atoms with Crippen LogP contribution >= 0.6 is 0 Å². The number of hydrogen-bond donors (Lipinski definition) is 5. The Hall–Kier alpha value is -5.20. The number of nitrogens with two attached hydrogens (primary N) is 2. The molecule has 1 atom stereocenters. The second-order valence-electron chi connectivity index (χ2n) is 8.64. The average molecular weight is 571 g/mol. The Morgan fingerprint density at radius 3 is 2.24 bits per heavy atom. The van der Waals surface area contributed by atoms with Crippen LogP contribution in [0.25, 0.3) is 5.69 Å². The Morgan fingerprint density at radius 2 is 1.68 bits per heavy atom. The molecule has 0 bridgehead atoms. The molecule has 1 unspecified atom stereocenters. The number of para-hydroxylation sites is 1. The molecule has 13 heteroatoms. The monoisotopic (exact) mass is 570 g/mol. The number of carbonyl (C=O) groups excluding carboxylic acids is 1. The highest BCUT2D eigenvalue weighted by molar-refractivity contribution is 5.96. The fourth-order valence-electron chi connectivity index (χ4n) is 3.79. The summed E-state index contributed by atoms with van der Waals surface area (Å²) in [5.74, 6) is -3.57. The number of nitrogen functional groups attached to an aromatic ring is 1. The number of hydrogen-bond acceptors (Lipinski definition) is 5. The van der Waals surface area contributed by atoms with E-state index in [0.29, 0.717) is 34.5 Å². The number of aliphatic carboxylic acids is 1. The van der Waals surface area contributed by atoms with Gasteiger partial charge in [0.1, 0.15) is 11.7 Å². The third-order valence-electron chi connectivity index (χ3n) is 5.86. The second-order valence-corrected chi connectivity index (χ2v) is 8.64. The first-order chi connectivity index (χ1) is 19.3. The quantitative estimate of drug-likeness (QED) is 0.116. The van der Waals surface area contributed by atoms with E-state index < -0.39 is 24.1 Å². The number of anilines is 1. The summed E-state index contributed by atoms with van der Waals surface area (Å²) in [7, 11) is 0. The lowest BCUT2D eigenvalue weighted by atomic mass is 9.99. The first-order valence-electron chi connectivity index (χ1n) is 12.1. The summed E-state index contributed by atoms with van der Waals surface area (Å²) >= 11 is 0. The molecule has 0 fully saturated rings. The number of primary amides is 1. The number of amidine groups is 1. The molecule has 0 aliphatic rings. The molecule has 1 heterocycles. The van der Waals surface area contributed by atoms with Crippen LogP contribution in [0.4, 0.5) is 23.2 Å². The van der Waals surface area contributed by atoms with Crippen LogP contribution in [0.5, 0.6) is 0 Å². The molecule has 7 N–H and O–H groups in total. The van der Waals surface area contributed by atoms with Gasteiger partial charge in [0.2, 0.25) is 0 Å². The molecule has 214 valence electrons. The average Bonchev–Trinajstić information content (AvgIpc) is 3.42. The van der Waals surface area contributed by atoms with Crippen LogP contribution in [0.1, 0.15) is 45.7 Å². The summed E-state index contributed by atoms with van der Waals surface area (Å²) in [6.07, 6.45) is -2.77. The zero-order chi connectivity index (χ0) is 30.3. The zero-order valence-corrected chi connectivity index (χ0v) is 21.6. The molecule has 0 radical (unpaired) electrons. The van der Waals surface area contributed by atoms with Gasteiger partial charge in [-0.1, -0.05) is 31.2 Å². The Labute approximate surface area is 231 Å². The molecule has 4 rings (SSSR count). The molecular formula is C28H26F4N6O3. The number of rotatable bonds is 8. The number of amides is 1. The van der Waals surface area contributed by atoms with Crippen LogP contribution in [0.2, 0.25) is 0 Å². The minimum absolute atomic E-state index is 0.0129.